The second-order valence-corrected chi connectivity index (χ2v) is 10.9. The summed E-state index contributed by atoms with van der Waals surface area (Å²) in [6.45, 7) is 12.3. The molecule has 3 unspecified atom stereocenters. The molecule has 0 spiro atoms. The third kappa shape index (κ3) is 10.7. The fourth-order valence-electron chi connectivity index (χ4n) is 4.93. The van der Waals surface area contributed by atoms with E-state index in [4.69, 9.17) is 9.47 Å². The number of aliphatic hydroxyl groups excluding tert-OH is 1. The van der Waals surface area contributed by atoms with E-state index in [0.29, 0.717) is 30.0 Å². The van der Waals surface area contributed by atoms with Crippen molar-refractivity contribution < 1.29 is 24.2 Å². The zero-order chi connectivity index (χ0) is 24.0. The van der Waals surface area contributed by atoms with Crippen LogP contribution in [0.15, 0.2) is 0 Å². The van der Waals surface area contributed by atoms with Gasteiger partial charge in [0.1, 0.15) is 0 Å². The number of aliphatic hydroxyl groups is 1. The maximum atomic E-state index is 12.2. The Balaban J connectivity index is 2.35. The number of hydrogen-bond donors (Lipinski definition) is 1. The molecule has 3 atom stereocenters. The van der Waals surface area contributed by atoms with E-state index in [9.17, 15) is 14.7 Å². The van der Waals surface area contributed by atoms with Crippen molar-refractivity contribution in [3.63, 3.8) is 0 Å². The van der Waals surface area contributed by atoms with Crippen LogP contribution in [0.2, 0.25) is 0 Å². The van der Waals surface area contributed by atoms with Gasteiger partial charge in [-0.3, -0.25) is 9.59 Å². The first-order chi connectivity index (χ1) is 15.1. The minimum absolute atomic E-state index is 0.158. The number of carbonyl (C=O) groups is 2. The van der Waals surface area contributed by atoms with Crippen LogP contribution in [-0.4, -0.2) is 36.4 Å². The maximum Gasteiger partial charge on any atom is 0.308 e. The Morgan fingerprint density at radius 3 is 2.16 bits per heavy atom. The molecule has 1 aliphatic rings. The van der Waals surface area contributed by atoms with Gasteiger partial charge in [0.05, 0.1) is 32.2 Å². The summed E-state index contributed by atoms with van der Waals surface area (Å²) in [5.74, 6) is -0.531. The van der Waals surface area contributed by atoms with Gasteiger partial charge in [-0.2, -0.15) is 0 Å². The summed E-state index contributed by atoms with van der Waals surface area (Å²) in [5.41, 5.74) is 0.696. The Morgan fingerprint density at radius 1 is 0.875 bits per heavy atom. The molecule has 1 saturated carbocycles. The lowest BCUT2D eigenvalue weighted by Gasteiger charge is -2.49. The van der Waals surface area contributed by atoms with Gasteiger partial charge in [-0.1, -0.05) is 73.1 Å². The van der Waals surface area contributed by atoms with Gasteiger partial charge < -0.3 is 14.6 Å². The van der Waals surface area contributed by atoms with E-state index in [2.05, 4.69) is 34.6 Å². The first kappa shape index (κ1) is 28.9. The highest BCUT2D eigenvalue weighted by Gasteiger charge is 2.42. The van der Waals surface area contributed by atoms with Crippen LogP contribution >= 0.6 is 0 Å². The van der Waals surface area contributed by atoms with Crippen LogP contribution in [0.4, 0.5) is 0 Å². The van der Waals surface area contributed by atoms with Crippen molar-refractivity contribution in [2.75, 3.05) is 13.2 Å². The second-order valence-electron chi connectivity index (χ2n) is 10.9. The highest BCUT2D eigenvalue weighted by molar-refractivity contribution is 5.73. The Labute approximate surface area is 197 Å². The van der Waals surface area contributed by atoms with Crippen LogP contribution in [-0.2, 0) is 19.1 Å². The molecule has 1 aliphatic carbocycles. The van der Waals surface area contributed by atoms with E-state index < -0.39 is 18.0 Å². The second kappa shape index (κ2) is 14.9. The van der Waals surface area contributed by atoms with Crippen molar-refractivity contribution in [3.8, 4) is 0 Å². The zero-order valence-corrected chi connectivity index (χ0v) is 21.5. The Hall–Kier alpha value is -1.10. The first-order valence-corrected chi connectivity index (χ1v) is 13.1. The van der Waals surface area contributed by atoms with E-state index in [1.165, 1.54) is 25.7 Å². The molecule has 1 rings (SSSR count). The zero-order valence-electron chi connectivity index (χ0n) is 21.5. The molecule has 0 heterocycles. The van der Waals surface area contributed by atoms with E-state index in [1.807, 2.05) is 0 Å². The van der Waals surface area contributed by atoms with E-state index >= 15 is 0 Å². The van der Waals surface area contributed by atoms with Crippen molar-refractivity contribution in [1.29, 1.82) is 0 Å². The van der Waals surface area contributed by atoms with Crippen molar-refractivity contribution in [2.45, 2.75) is 131 Å². The molecule has 0 aromatic heterocycles. The summed E-state index contributed by atoms with van der Waals surface area (Å²) in [7, 11) is 0. The predicted octanol–water partition coefficient (Wildman–Crippen LogP) is 6.60. The van der Waals surface area contributed by atoms with Gasteiger partial charge in [-0.05, 0) is 55.3 Å². The summed E-state index contributed by atoms with van der Waals surface area (Å²) >= 11 is 0. The fraction of sp³-hybridized carbons (Fsp3) is 0.926. The number of esters is 2. The average molecular weight is 455 g/mol. The number of ether oxygens (including phenoxy) is 2. The number of carbonyl (C=O) groups excluding carboxylic acids is 2. The lowest BCUT2D eigenvalue weighted by Crippen LogP contribution is -2.38. The molecular formula is C27H50O5. The molecule has 0 aromatic rings. The third-order valence-corrected chi connectivity index (χ3v) is 7.76. The monoisotopic (exact) mass is 454 g/mol. The lowest BCUT2D eigenvalue weighted by molar-refractivity contribution is -0.150. The molecule has 0 aliphatic heterocycles. The third-order valence-electron chi connectivity index (χ3n) is 7.76. The Kier molecular flexibility index (Phi) is 13.5. The molecule has 0 bridgehead atoms. The van der Waals surface area contributed by atoms with Gasteiger partial charge in [0.25, 0.3) is 0 Å². The summed E-state index contributed by atoms with van der Waals surface area (Å²) in [6, 6.07) is 0. The molecule has 1 N–H and O–H groups in total. The van der Waals surface area contributed by atoms with Gasteiger partial charge in [0.15, 0.2) is 0 Å². The van der Waals surface area contributed by atoms with Crippen LogP contribution in [0, 0.1) is 16.7 Å². The number of unbranched alkanes of at least 4 members (excludes halogenated alkanes) is 3. The molecule has 0 aromatic carbocycles. The van der Waals surface area contributed by atoms with Crippen LogP contribution in [0.25, 0.3) is 0 Å². The summed E-state index contributed by atoms with van der Waals surface area (Å²) in [4.78, 5) is 24.0. The number of rotatable bonds is 16. The SMILES string of the molecule is CCCCCCOC(=O)CC(O)CC(=O)OCC(CCC)CCC1(C)CCCCC1(C)C. The first-order valence-electron chi connectivity index (χ1n) is 13.1. The Bertz CT molecular complexity index is 544. The molecular weight excluding hydrogens is 404 g/mol. The van der Waals surface area contributed by atoms with Crippen LogP contribution in [0.1, 0.15) is 125 Å². The Morgan fingerprint density at radius 2 is 1.53 bits per heavy atom. The van der Waals surface area contributed by atoms with Crippen LogP contribution < -0.4 is 0 Å². The molecule has 5 nitrogen and oxygen atoms in total. The maximum absolute atomic E-state index is 12.2. The molecule has 5 heteroatoms. The largest absolute Gasteiger partial charge is 0.466 e. The highest BCUT2D eigenvalue weighted by atomic mass is 16.5. The van der Waals surface area contributed by atoms with E-state index in [-0.39, 0.29) is 12.8 Å². The standard InChI is InChI=1S/C27H50O5/c1-6-8-9-12-18-31-24(29)19-23(28)20-25(30)32-21-22(13-7-2)14-17-27(5)16-11-10-15-26(27,3)4/h22-23,28H,6-21H2,1-5H3. The van der Waals surface area contributed by atoms with Crippen molar-refractivity contribution >= 4 is 11.9 Å². The highest BCUT2D eigenvalue weighted by Crippen LogP contribution is 2.53. The molecule has 188 valence electrons. The predicted molar refractivity (Wildman–Crippen MR) is 129 cm³/mol. The van der Waals surface area contributed by atoms with Crippen molar-refractivity contribution in [1.82, 2.24) is 0 Å². The van der Waals surface area contributed by atoms with Gasteiger partial charge in [0, 0.05) is 0 Å². The van der Waals surface area contributed by atoms with E-state index in [1.54, 1.807) is 0 Å². The van der Waals surface area contributed by atoms with Gasteiger partial charge in [0.2, 0.25) is 0 Å². The molecule has 32 heavy (non-hydrogen) atoms. The minimum Gasteiger partial charge on any atom is -0.466 e. The molecule has 1 fully saturated rings. The molecule has 0 radical (unpaired) electrons. The molecule has 0 amide bonds. The number of hydrogen-bond acceptors (Lipinski definition) is 5. The van der Waals surface area contributed by atoms with Crippen LogP contribution in [0.5, 0.6) is 0 Å². The van der Waals surface area contributed by atoms with Gasteiger partial charge in [-0.25, -0.2) is 0 Å². The van der Waals surface area contributed by atoms with Crippen molar-refractivity contribution in [3.05, 3.63) is 0 Å². The van der Waals surface area contributed by atoms with Crippen LogP contribution in [0.3, 0.4) is 0 Å². The van der Waals surface area contributed by atoms with Gasteiger partial charge in [-0.15, -0.1) is 0 Å². The average Bonchev–Trinajstić information content (AvgIpc) is 2.72. The lowest BCUT2D eigenvalue weighted by atomic mass is 9.56. The summed E-state index contributed by atoms with van der Waals surface area (Å²) in [5, 5.41) is 10.1. The smallest absolute Gasteiger partial charge is 0.308 e. The van der Waals surface area contributed by atoms with E-state index in [0.717, 1.165) is 51.4 Å². The summed E-state index contributed by atoms with van der Waals surface area (Å²) in [6.07, 6.45) is 12.3. The fourth-order valence-corrected chi connectivity index (χ4v) is 4.93. The van der Waals surface area contributed by atoms with Crippen molar-refractivity contribution in [2.24, 2.45) is 16.7 Å². The van der Waals surface area contributed by atoms with Gasteiger partial charge >= 0.3 is 11.9 Å². The quantitative estimate of drug-likeness (QED) is 0.210. The topological polar surface area (TPSA) is 72.8 Å². The normalized spacial score (nSPS) is 22.2. The minimum atomic E-state index is -1.04. The molecule has 0 saturated heterocycles. The summed E-state index contributed by atoms with van der Waals surface area (Å²) < 4.78 is 10.6.